The molecular formula is C14H13BrFNO. The molecule has 0 radical (unpaired) electrons. The Balaban J connectivity index is 2.10. The average Bonchev–Trinajstić information content (AvgIpc) is 2.37. The SMILES string of the molecule is NCCc1ccc(Oc2ccc(Br)c(F)c2)cc1. The Morgan fingerprint density at radius 3 is 2.33 bits per heavy atom. The second-order valence-electron chi connectivity index (χ2n) is 3.86. The molecule has 94 valence electrons. The van der Waals surface area contributed by atoms with Crippen molar-refractivity contribution in [3.63, 3.8) is 0 Å². The Morgan fingerprint density at radius 2 is 1.72 bits per heavy atom. The zero-order valence-corrected chi connectivity index (χ0v) is 11.3. The first-order valence-corrected chi connectivity index (χ1v) is 6.40. The van der Waals surface area contributed by atoms with Crippen molar-refractivity contribution >= 4 is 15.9 Å². The molecule has 2 rings (SSSR count). The molecule has 0 atom stereocenters. The Labute approximate surface area is 114 Å². The average molecular weight is 310 g/mol. The lowest BCUT2D eigenvalue weighted by atomic mass is 10.1. The van der Waals surface area contributed by atoms with E-state index in [1.54, 1.807) is 12.1 Å². The highest BCUT2D eigenvalue weighted by Gasteiger charge is 2.02. The van der Waals surface area contributed by atoms with Gasteiger partial charge in [-0.2, -0.15) is 0 Å². The minimum atomic E-state index is -0.341. The van der Waals surface area contributed by atoms with Crippen LogP contribution in [-0.2, 0) is 6.42 Å². The third-order valence-electron chi connectivity index (χ3n) is 2.48. The Morgan fingerprint density at radius 1 is 1.06 bits per heavy atom. The van der Waals surface area contributed by atoms with Crippen LogP contribution in [0.15, 0.2) is 46.9 Å². The Kier molecular flexibility index (Phi) is 4.33. The minimum Gasteiger partial charge on any atom is -0.457 e. The third kappa shape index (κ3) is 3.31. The summed E-state index contributed by atoms with van der Waals surface area (Å²) in [6, 6.07) is 12.3. The largest absolute Gasteiger partial charge is 0.457 e. The van der Waals surface area contributed by atoms with E-state index in [0.717, 1.165) is 12.0 Å². The number of ether oxygens (including phenoxy) is 1. The highest BCUT2D eigenvalue weighted by molar-refractivity contribution is 9.10. The van der Waals surface area contributed by atoms with E-state index >= 15 is 0 Å². The van der Waals surface area contributed by atoms with Crippen molar-refractivity contribution in [3.05, 3.63) is 58.3 Å². The number of benzene rings is 2. The van der Waals surface area contributed by atoms with Gasteiger partial charge in [0, 0.05) is 6.07 Å². The summed E-state index contributed by atoms with van der Waals surface area (Å²) in [5.74, 6) is 0.812. The lowest BCUT2D eigenvalue weighted by molar-refractivity contribution is 0.476. The van der Waals surface area contributed by atoms with Gasteiger partial charge >= 0.3 is 0 Å². The van der Waals surface area contributed by atoms with Crippen LogP contribution in [0.1, 0.15) is 5.56 Å². The first-order valence-electron chi connectivity index (χ1n) is 5.61. The summed E-state index contributed by atoms with van der Waals surface area (Å²) in [7, 11) is 0. The van der Waals surface area contributed by atoms with Gasteiger partial charge in [-0.05, 0) is 58.7 Å². The molecule has 0 unspecified atom stereocenters. The van der Waals surface area contributed by atoms with Gasteiger partial charge in [-0.15, -0.1) is 0 Å². The van der Waals surface area contributed by atoms with Crippen LogP contribution >= 0.6 is 15.9 Å². The number of halogens is 2. The number of hydrogen-bond acceptors (Lipinski definition) is 2. The van der Waals surface area contributed by atoms with E-state index in [1.165, 1.54) is 6.07 Å². The highest BCUT2D eigenvalue weighted by atomic mass is 79.9. The fourth-order valence-corrected chi connectivity index (χ4v) is 1.81. The second kappa shape index (κ2) is 5.98. The standard InChI is InChI=1S/C14H13BrFNO/c15-13-6-5-12(9-14(13)16)18-11-3-1-10(2-4-11)7-8-17/h1-6,9H,7-8,17H2. The predicted octanol–water partition coefficient (Wildman–Crippen LogP) is 3.88. The summed E-state index contributed by atoms with van der Waals surface area (Å²) < 4.78 is 19.3. The summed E-state index contributed by atoms with van der Waals surface area (Å²) in [4.78, 5) is 0. The molecule has 0 aromatic heterocycles. The topological polar surface area (TPSA) is 35.2 Å². The number of rotatable bonds is 4. The molecular weight excluding hydrogens is 297 g/mol. The van der Waals surface area contributed by atoms with Crippen molar-refractivity contribution in [1.82, 2.24) is 0 Å². The molecule has 0 aliphatic heterocycles. The lowest BCUT2D eigenvalue weighted by Gasteiger charge is -2.07. The van der Waals surface area contributed by atoms with Gasteiger partial charge in [-0.1, -0.05) is 12.1 Å². The maximum absolute atomic E-state index is 13.3. The van der Waals surface area contributed by atoms with Crippen LogP contribution in [0.3, 0.4) is 0 Å². The minimum absolute atomic E-state index is 0.341. The van der Waals surface area contributed by atoms with Gasteiger partial charge in [-0.3, -0.25) is 0 Å². The van der Waals surface area contributed by atoms with Crippen LogP contribution < -0.4 is 10.5 Å². The van der Waals surface area contributed by atoms with E-state index in [9.17, 15) is 4.39 Å². The molecule has 2 aromatic carbocycles. The van der Waals surface area contributed by atoms with Crippen LogP contribution in [0.2, 0.25) is 0 Å². The lowest BCUT2D eigenvalue weighted by Crippen LogP contribution is -2.02. The zero-order chi connectivity index (χ0) is 13.0. The van der Waals surface area contributed by atoms with Gasteiger partial charge < -0.3 is 10.5 Å². The van der Waals surface area contributed by atoms with Crippen LogP contribution in [0.4, 0.5) is 4.39 Å². The van der Waals surface area contributed by atoms with Crippen LogP contribution in [-0.4, -0.2) is 6.54 Å². The van der Waals surface area contributed by atoms with Gasteiger partial charge in [0.05, 0.1) is 4.47 Å². The van der Waals surface area contributed by atoms with E-state index in [2.05, 4.69) is 15.9 Å². The van der Waals surface area contributed by atoms with Gasteiger partial charge in [0.1, 0.15) is 17.3 Å². The van der Waals surface area contributed by atoms with Crippen LogP contribution in [0.25, 0.3) is 0 Å². The second-order valence-corrected chi connectivity index (χ2v) is 4.71. The summed E-state index contributed by atoms with van der Waals surface area (Å²) in [5.41, 5.74) is 6.63. The molecule has 0 fully saturated rings. The van der Waals surface area contributed by atoms with E-state index < -0.39 is 0 Å². The van der Waals surface area contributed by atoms with Gasteiger partial charge in [0.25, 0.3) is 0 Å². The molecule has 0 aliphatic rings. The smallest absolute Gasteiger partial charge is 0.141 e. The normalized spacial score (nSPS) is 10.4. The third-order valence-corrected chi connectivity index (χ3v) is 3.13. The summed E-state index contributed by atoms with van der Waals surface area (Å²) in [6.45, 7) is 0.623. The fourth-order valence-electron chi connectivity index (χ4n) is 1.57. The first-order chi connectivity index (χ1) is 8.69. The molecule has 0 spiro atoms. The molecule has 18 heavy (non-hydrogen) atoms. The molecule has 0 heterocycles. The molecule has 0 saturated carbocycles. The van der Waals surface area contributed by atoms with Crippen molar-refractivity contribution in [2.24, 2.45) is 5.73 Å². The number of nitrogens with two attached hydrogens (primary N) is 1. The summed E-state index contributed by atoms with van der Waals surface area (Å²) >= 11 is 3.10. The monoisotopic (exact) mass is 309 g/mol. The van der Waals surface area contributed by atoms with Crippen molar-refractivity contribution in [2.75, 3.05) is 6.54 Å². The van der Waals surface area contributed by atoms with Crippen LogP contribution in [0.5, 0.6) is 11.5 Å². The predicted molar refractivity (Wildman–Crippen MR) is 73.4 cm³/mol. The van der Waals surface area contributed by atoms with Gasteiger partial charge in [0.2, 0.25) is 0 Å². The first kappa shape index (κ1) is 13.1. The van der Waals surface area contributed by atoms with Crippen molar-refractivity contribution in [1.29, 1.82) is 0 Å². The van der Waals surface area contributed by atoms with Gasteiger partial charge in [0.15, 0.2) is 0 Å². The summed E-state index contributed by atoms with van der Waals surface area (Å²) in [6.07, 6.45) is 0.840. The van der Waals surface area contributed by atoms with Gasteiger partial charge in [-0.25, -0.2) is 4.39 Å². The molecule has 0 aliphatic carbocycles. The molecule has 4 heteroatoms. The van der Waals surface area contributed by atoms with Crippen molar-refractivity contribution in [2.45, 2.75) is 6.42 Å². The van der Waals surface area contributed by atoms with Crippen molar-refractivity contribution < 1.29 is 9.13 Å². The molecule has 0 amide bonds. The maximum Gasteiger partial charge on any atom is 0.141 e. The maximum atomic E-state index is 13.3. The van der Waals surface area contributed by atoms with Crippen molar-refractivity contribution in [3.8, 4) is 11.5 Å². The quantitative estimate of drug-likeness (QED) is 0.930. The van der Waals surface area contributed by atoms with E-state index in [4.69, 9.17) is 10.5 Å². The molecule has 2 aromatic rings. The number of hydrogen-bond donors (Lipinski definition) is 1. The molecule has 2 nitrogen and oxygen atoms in total. The van der Waals surface area contributed by atoms with E-state index in [1.807, 2.05) is 24.3 Å². The summed E-state index contributed by atoms with van der Waals surface area (Å²) in [5, 5.41) is 0. The fraction of sp³-hybridized carbons (Fsp3) is 0.143. The highest BCUT2D eigenvalue weighted by Crippen LogP contribution is 2.25. The van der Waals surface area contributed by atoms with E-state index in [0.29, 0.717) is 22.5 Å². The molecule has 0 bridgehead atoms. The zero-order valence-electron chi connectivity index (χ0n) is 9.70. The van der Waals surface area contributed by atoms with E-state index in [-0.39, 0.29) is 5.82 Å². The Bertz CT molecular complexity index is 528. The van der Waals surface area contributed by atoms with Crippen LogP contribution in [0, 0.1) is 5.82 Å². The Hall–Kier alpha value is -1.39. The molecule has 2 N–H and O–H groups in total. The molecule has 0 saturated heterocycles.